The van der Waals surface area contributed by atoms with Crippen molar-refractivity contribution in [2.75, 3.05) is 0 Å². The van der Waals surface area contributed by atoms with Crippen molar-refractivity contribution in [2.24, 2.45) is 5.10 Å². The molecule has 0 unspecified atom stereocenters. The van der Waals surface area contributed by atoms with Crippen LogP contribution in [0.3, 0.4) is 0 Å². The zero-order valence-electron chi connectivity index (χ0n) is 11.4. The van der Waals surface area contributed by atoms with Crippen molar-refractivity contribution in [1.82, 2.24) is 5.43 Å². The van der Waals surface area contributed by atoms with E-state index in [-0.39, 0.29) is 11.1 Å². The minimum Gasteiger partial charge on any atom is -0.507 e. The fourth-order valence-electron chi connectivity index (χ4n) is 1.75. The number of aromatic hydroxyl groups is 1. The van der Waals surface area contributed by atoms with Gasteiger partial charge in [-0.05, 0) is 30.3 Å². The highest BCUT2D eigenvalue weighted by atomic mass is 35.5. The number of hydrogen-bond donors (Lipinski definition) is 2. The molecule has 0 aliphatic heterocycles. The second kappa shape index (κ2) is 6.70. The molecule has 0 aliphatic carbocycles. The third-order valence-electron chi connectivity index (χ3n) is 2.83. The Morgan fingerprint density at radius 1 is 1.22 bits per heavy atom. The zero-order chi connectivity index (χ0) is 17.0. The smallest absolute Gasteiger partial charge is 0.419 e. The predicted octanol–water partition coefficient (Wildman–Crippen LogP) is 3.83. The molecule has 0 aromatic heterocycles. The highest BCUT2D eigenvalue weighted by molar-refractivity contribution is 6.30. The molecular formula is C15H10ClF3N2O2. The number of benzene rings is 2. The summed E-state index contributed by atoms with van der Waals surface area (Å²) in [7, 11) is 0. The molecule has 0 heterocycles. The van der Waals surface area contributed by atoms with Gasteiger partial charge in [0.25, 0.3) is 5.91 Å². The van der Waals surface area contributed by atoms with Crippen molar-refractivity contribution in [3.63, 3.8) is 0 Å². The number of para-hydroxylation sites is 1. The number of carbonyl (C=O) groups excluding carboxylic acids is 1. The zero-order valence-corrected chi connectivity index (χ0v) is 12.2. The Balaban J connectivity index is 2.14. The highest BCUT2D eigenvalue weighted by Gasteiger charge is 2.34. The van der Waals surface area contributed by atoms with Gasteiger partial charge < -0.3 is 5.11 Å². The van der Waals surface area contributed by atoms with E-state index in [2.05, 4.69) is 10.5 Å². The molecule has 1 amide bonds. The van der Waals surface area contributed by atoms with Crippen LogP contribution in [0.2, 0.25) is 5.02 Å². The highest BCUT2D eigenvalue weighted by Crippen LogP contribution is 2.36. The van der Waals surface area contributed by atoms with Crippen LogP contribution in [0.1, 0.15) is 21.5 Å². The van der Waals surface area contributed by atoms with Crippen molar-refractivity contribution in [2.45, 2.75) is 6.18 Å². The molecule has 0 saturated heterocycles. The van der Waals surface area contributed by atoms with Crippen LogP contribution in [0.15, 0.2) is 47.6 Å². The average molecular weight is 343 g/mol. The number of halogens is 4. The van der Waals surface area contributed by atoms with Gasteiger partial charge in [-0.2, -0.15) is 18.3 Å². The fraction of sp³-hybridized carbons (Fsp3) is 0.0667. The Morgan fingerprint density at radius 3 is 2.57 bits per heavy atom. The van der Waals surface area contributed by atoms with Gasteiger partial charge >= 0.3 is 6.18 Å². The quantitative estimate of drug-likeness (QED) is 0.658. The second-order valence-electron chi connectivity index (χ2n) is 4.45. The van der Waals surface area contributed by atoms with Gasteiger partial charge in [-0.3, -0.25) is 4.79 Å². The van der Waals surface area contributed by atoms with Gasteiger partial charge in [0.05, 0.1) is 11.8 Å². The number of amides is 1. The summed E-state index contributed by atoms with van der Waals surface area (Å²) in [6.45, 7) is 0. The predicted molar refractivity (Wildman–Crippen MR) is 79.6 cm³/mol. The first kappa shape index (κ1) is 16.8. The van der Waals surface area contributed by atoms with Crippen LogP contribution < -0.4 is 5.43 Å². The second-order valence-corrected chi connectivity index (χ2v) is 4.89. The Hall–Kier alpha value is -2.54. The average Bonchev–Trinajstić information content (AvgIpc) is 2.47. The summed E-state index contributed by atoms with van der Waals surface area (Å²) in [4.78, 5) is 11.8. The van der Waals surface area contributed by atoms with E-state index in [1.165, 1.54) is 18.2 Å². The van der Waals surface area contributed by atoms with Crippen molar-refractivity contribution >= 4 is 23.7 Å². The number of rotatable bonds is 3. The van der Waals surface area contributed by atoms with Crippen LogP contribution in [0.4, 0.5) is 13.2 Å². The van der Waals surface area contributed by atoms with Crippen LogP contribution in [-0.4, -0.2) is 17.2 Å². The molecule has 0 aliphatic rings. The van der Waals surface area contributed by atoms with Gasteiger partial charge in [0.1, 0.15) is 5.75 Å². The Bertz CT molecular complexity index is 761. The number of nitrogens with zero attached hydrogens (tertiary/aromatic N) is 1. The molecule has 8 heteroatoms. The molecule has 0 bridgehead atoms. The summed E-state index contributed by atoms with van der Waals surface area (Å²) < 4.78 is 38.0. The number of alkyl halides is 3. The van der Waals surface area contributed by atoms with Crippen LogP contribution >= 0.6 is 11.6 Å². The van der Waals surface area contributed by atoms with Gasteiger partial charge in [0, 0.05) is 16.1 Å². The van der Waals surface area contributed by atoms with Gasteiger partial charge in [0.15, 0.2) is 0 Å². The number of phenolic OH excluding ortho intramolecular Hbond substituents is 1. The minimum atomic E-state index is -4.68. The van der Waals surface area contributed by atoms with Crippen molar-refractivity contribution in [3.8, 4) is 5.75 Å². The van der Waals surface area contributed by atoms with Crippen LogP contribution in [0.25, 0.3) is 0 Å². The van der Waals surface area contributed by atoms with Crippen LogP contribution in [-0.2, 0) is 6.18 Å². The van der Waals surface area contributed by atoms with E-state index in [1.807, 2.05) is 0 Å². The minimum absolute atomic E-state index is 0.175. The summed E-state index contributed by atoms with van der Waals surface area (Å²) in [6.07, 6.45) is -3.76. The van der Waals surface area contributed by atoms with Crippen molar-refractivity contribution in [1.29, 1.82) is 0 Å². The molecule has 2 aromatic rings. The summed E-state index contributed by atoms with van der Waals surface area (Å²) >= 11 is 5.74. The topological polar surface area (TPSA) is 61.7 Å². The summed E-state index contributed by atoms with van der Waals surface area (Å²) in [5, 5.41) is 13.5. The largest absolute Gasteiger partial charge is 0.507 e. The Labute approximate surface area is 134 Å². The maximum Gasteiger partial charge on any atom is 0.419 e. The van der Waals surface area contributed by atoms with Gasteiger partial charge in [-0.15, -0.1) is 0 Å². The van der Waals surface area contributed by atoms with E-state index in [4.69, 9.17) is 11.6 Å². The van der Waals surface area contributed by atoms with E-state index < -0.39 is 23.4 Å². The molecule has 120 valence electrons. The number of nitrogens with one attached hydrogen (secondary N) is 1. The summed E-state index contributed by atoms with van der Waals surface area (Å²) in [5.41, 5.74) is 1.03. The monoisotopic (exact) mass is 342 g/mol. The molecule has 2 rings (SSSR count). The lowest BCUT2D eigenvalue weighted by Crippen LogP contribution is -2.17. The lowest BCUT2D eigenvalue weighted by atomic mass is 10.1. The Kier molecular flexibility index (Phi) is 4.90. The third kappa shape index (κ3) is 4.23. The van der Waals surface area contributed by atoms with E-state index in [1.54, 1.807) is 12.1 Å². The van der Waals surface area contributed by atoms with Crippen molar-refractivity contribution in [3.05, 3.63) is 64.2 Å². The molecule has 2 aromatic carbocycles. The lowest BCUT2D eigenvalue weighted by Gasteiger charge is -2.10. The van der Waals surface area contributed by atoms with E-state index >= 15 is 0 Å². The van der Waals surface area contributed by atoms with Gasteiger partial charge in [0.2, 0.25) is 0 Å². The first-order chi connectivity index (χ1) is 10.8. The van der Waals surface area contributed by atoms with E-state index in [0.29, 0.717) is 5.02 Å². The van der Waals surface area contributed by atoms with Gasteiger partial charge in [-0.1, -0.05) is 23.7 Å². The molecule has 0 fully saturated rings. The number of hydrogen-bond acceptors (Lipinski definition) is 3. The van der Waals surface area contributed by atoms with E-state index in [9.17, 15) is 23.1 Å². The fourth-order valence-corrected chi connectivity index (χ4v) is 1.94. The lowest BCUT2D eigenvalue weighted by molar-refractivity contribution is -0.138. The molecular weight excluding hydrogens is 333 g/mol. The summed E-state index contributed by atoms with van der Waals surface area (Å²) in [6, 6.07) is 9.17. The molecule has 2 N–H and O–H groups in total. The molecule has 0 saturated carbocycles. The SMILES string of the molecule is O=C(N/N=C/c1cccc(C(F)(F)F)c1O)c1cccc(Cl)c1. The normalized spacial score (nSPS) is 11.7. The maximum absolute atomic E-state index is 12.7. The standard InChI is InChI=1S/C15H10ClF3N2O2/c16-11-5-1-3-9(7-11)14(23)21-20-8-10-4-2-6-12(13(10)22)15(17,18)19/h1-8,22H,(H,21,23)/b20-8+. The van der Waals surface area contributed by atoms with Crippen LogP contribution in [0, 0.1) is 0 Å². The molecule has 4 nitrogen and oxygen atoms in total. The number of hydrazone groups is 1. The Morgan fingerprint density at radius 2 is 1.91 bits per heavy atom. The molecule has 23 heavy (non-hydrogen) atoms. The van der Waals surface area contributed by atoms with Crippen LogP contribution in [0.5, 0.6) is 5.75 Å². The van der Waals surface area contributed by atoms with E-state index in [0.717, 1.165) is 18.3 Å². The first-order valence-corrected chi connectivity index (χ1v) is 6.65. The van der Waals surface area contributed by atoms with Crippen molar-refractivity contribution < 1.29 is 23.1 Å². The molecule has 0 radical (unpaired) electrons. The number of carbonyl (C=O) groups is 1. The number of phenols is 1. The third-order valence-corrected chi connectivity index (χ3v) is 3.06. The summed E-state index contributed by atoms with van der Waals surface area (Å²) in [5.74, 6) is -1.55. The molecule has 0 spiro atoms. The molecule has 0 atom stereocenters. The van der Waals surface area contributed by atoms with Gasteiger partial charge in [-0.25, -0.2) is 5.43 Å². The first-order valence-electron chi connectivity index (χ1n) is 6.27. The maximum atomic E-state index is 12.7.